The second-order valence-corrected chi connectivity index (χ2v) is 11.9. The van der Waals surface area contributed by atoms with E-state index in [4.69, 9.17) is 19.3 Å². The highest BCUT2D eigenvalue weighted by Gasteiger charge is 2.16. The Hall–Kier alpha value is -5.14. The van der Waals surface area contributed by atoms with Gasteiger partial charge in [0.25, 0.3) is 0 Å². The highest BCUT2D eigenvalue weighted by Crippen LogP contribution is 2.08. The predicted octanol–water partition coefficient (Wildman–Crippen LogP) is 5.71. The third kappa shape index (κ3) is 19.0. The Bertz CT molecular complexity index is 1420. The van der Waals surface area contributed by atoms with Gasteiger partial charge < -0.3 is 34.9 Å². The van der Waals surface area contributed by atoms with E-state index in [1.807, 2.05) is 91.0 Å². The van der Waals surface area contributed by atoms with Crippen LogP contribution in [-0.4, -0.2) is 85.1 Å². The summed E-state index contributed by atoms with van der Waals surface area (Å²) in [5.74, 6) is -0.912. The lowest BCUT2D eigenvalue weighted by Gasteiger charge is -2.25. The number of carboxylic acids is 1. The standard InChI is InChI=1S/C38H51N5O8/c44-35(45)28-39-22-10-12-24-42(38(48)51-31-34-20-8-3-9-21-34)25-14-15-27-43(41-37(47)50-30-33-18-6-2-7-19-33)26-13-11-23-40-36(46)49-29-32-16-4-1-5-17-32/h1-9,16-21,39H,10-15,22-31H2,(H,40,46)(H,41,47)(H,44,45). The molecule has 0 aromatic heterocycles. The van der Waals surface area contributed by atoms with Gasteiger partial charge in [0.1, 0.15) is 19.8 Å². The highest BCUT2D eigenvalue weighted by molar-refractivity contribution is 5.69. The first-order valence-corrected chi connectivity index (χ1v) is 17.4. The van der Waals surface area contributed by atoms with Crippen molar-refractivity contribution in [2.45, 2.75) is 58.3 Å². The maximum atomic E-state index is 13.0. The van der Waals surface area contributed by atoms with Crippen LogP contribution >= 0.6 is 0 Å². The van der Waals surface area contributed by atoms with E-state index < -0.39 is 24.2 Å². The Morgan fingerprint density at radius 1 is 0.549 bits per heavy atom. The number of carbonyl (C=O) groups is 4. The number of rotatable bonds is 24. The lowest BCUT2D eigenvalue weighted by Crippen LogP contribution is -2.44. The van der Waals surface area contributed by atoms with Gasteiger partial charge in [0.2, 0.25) is 0 Å². The number of nitrogens with one attached hydrogen (secondary N) is 3. The maximum Gasteiger partial charge on any atom is 0.422 e. The molecule has 0 atom stereocenters. The SMILES string of the molecule is O=C(O)CNCCCCN(CCCCN(CCCCNC(=O)OCc1ccccc1)NC(=O)OCc1ccccc1)C(=O)OCc1ccccc1. The molecule has 0 saturated heterocycles. The zero-order valence-corrected chi connectivity index (χ0v) is 29.2. The molecule has 276 valence electrons. The number of amides is 3. The van der Waals surface area contributed by atoms with Crippen LogP contribution in [0, 0.1) is 0 Å². The molecule has 13 heteroatoms. The third-order valence-electron chi connectivity index (χ3n) is 7.68. The minimum atomic E-state index is -0.912. The minimum absolute atomic E-state index is 0.106. The second-order valence-electron chi connectivity index (χ2n) is 11.9. The number of aliphatic carboxylic acids is 1. The monoisotopic (exact) mass is 705 g/mol. The van der Waals surface area contributed by atoms with E-state index >= 15 is 0 Å². The van der Waals surface area contributed by atoms with Crippen LogP contribution in [0.4, 0.5) is 14.4 Å². The van der Waals surface area contributed by atoms with Crippen LogP contribution in [0.25, 0.3) is 0 Å². The summed E-state index contributed by atoms with van der Waals surface area (Å²) in [6.45, 7) is 3.31. The van der Waals surface area contributed by atoms with Gasteiger partial charge in [0.15, 0.2) is 0 Å². The largest absolute Gasteiger partial charge is 0.480 e. The van der Waals surface area contributed by atoms with Crippen molar-refractivity contribution in [2.75, 3.05) is 45.8 Å². The number of ether oxygens (including phenoxy) is 3. The Balaban J connectivity index is 1.46. The lowest BCUT2D eigenvalue weighted by molar-refractivity contribution is -0.135. The molecule has 3 aromatic rings. The minimum Gasteiger partial charge on any atom is -0.480 e. The average Bonchev–Trinajstić information content (AvgIpc) is 3.15. The van der Waals surface area contributed by atoms with Gasteiger partial charge in [-0.3, -0.25) is 10.2 Å². The van der Waals surface area contributed by atoms with Crippen LogP contribution in [0.3, 0.4) is 0 Å². The first kappa shape index (κ1) is 40.3. The normalized spacial score (nSPS) is 10.7. The molecule has 0 aliphatic heterocycles. The number of nitrogens with zero attached hydrogens (tertiary/aromatic N) is 2. The molecular weight excluding hydrogens is 654 g/mol. The number of unbranched alkanes of at least 4 members (excludes halogenated alkanes) is 3. The number of benzene rings is 3. The summed E-state index contributed by atoms with van der Waals surface area (Å²) in [6.07, 6.45) is 2.61. The molecule has 3 amide bonds. The number of alkyl carbamates (subject to hydrolysis) is 1. The number of hydrogen-bond donors (Lipinski definition) is 4. The lowest BCUT2D eigenvalue weighted by atomic mass is 10.2. The first-order valence-electron chi connectivity index (χ1n) is 17.4. The Kier molecular flexibility index (Phi) is 19.7. The Morgan fingerprint density at radius 2 is 1.00 bits per heavy atom. The van der Waals surface area contributed by atoms with Crippen molar-refractivity contribution >= 4 is 24.2 Å². The predicted molar refractivity (Wildman–Crippen MR) is 192 cm³/mol. The van der Waals surface area contributed by atoms with E-state index in [2.05, 4.69) is 16.1 Å². The molecule has 13 nitrogen and oxygen atoms in total. The average molecular weight is 706 g/mol. The van der Waals surface area contributed by atoms with Gasteiger partial charge in [-0.05, 0) is 61.8 Å². The summed E-state index contributed by atoms with van der Waals surface area (Å²) in [5.41, 5.74) is 5.52. The van der Waals surface area contributed by atoms with E-state index in [1.54, 1.807) is 9.91 Å². The second kappa shape index (κ2) is 24.9. The smallest absolute Gasteiger partial charge is 0.422 e. The summed E-state index contributed by atoms with van der Waals surface area (Å²) in [5, 5.41) is 16.2. The van der Waals surface area contributed by atoms with Gasteiger partial charge in [0.05, 0.1) is 6.54 Å². The number of hydrogen-bond acceptors (Lipinski definition) is 9. The maximum absolute atomic E-state index is 13.0. The van der Waals surface area contributed by atoms with Crippen LogP contribution in [-0.2, 0) is 38.8 Å². The molecule has 0 radical (unpaired) electrons. The van der Waals surface area contributed by atoms with Gasteiger partial charge in [0, 0.05) is 32.7 Å². The molecule has 0 bridgehead atoms. The molecule has 0 aliphatic carbocycles. The molecule has 0 spiro atoms. The summed E-state index contributed by atoms with van der Waals surface area (Å²) in [7, 11) is 0. The molecule has 0 unspecified atom stereocenters. The molecule has 0 aliphatic rings. The molecule has 0 fully saturated rings. The molecule has 0 heterocycles. The third-order valence-corrected chi connectivity index (χ3v) is 7.68. The van der Waals surface area contributed by atoms with E-state index in [-0.39, 0.29) is 26.4 Å². The zero-order valence-electron chi connectivity index (χ0n) is 29.2. The van der Waals surface area contributed by atoms with Crippen molar-refractivity contribution in [1.82, 2.24) is 26.0 Å². The zero-order chi connectivity index (χ0) is 36.4. The van der Waals surface area contributed by atoms with Crippen molar-refractivity contribution in [3.8, 4) is 0 Å². The van der Waals surface area contributed by atoms with Gasteiger partial charge in [-0.25, -0.2) is 19.4 Å². The first-order chi connectivity index (χ1) is 24.9. The van der Waals surface area contributed by atoms with Crippen molar-refractivity contribution < 1.29 is 38.5 Å². The number of carboxylic acid groups (broad SMARTS) is 1. The fourth-order valence-electron chi connectivity index (χ4n) is 4.96. The quantitative estimate of drug-likeness (QED) is 0.0517. The van der Waals surface area contributed by atoms with Crippen LogP contribution in [0.2, 0.25) is 0 Å². The van der Waals surface area contributed by atoms with Gasteiger partial charge >= 0.3 is 24.2 Å². The van der Waals surface area contributed by atoms with Crippen LogP contribution in [0.15, 0.2) is 91.0 Å². The van der Waals surface area contributed by atoms with Crippen molar-refractivity contribution in [1.29, 1.82) is 0 Å². The summed E-state index contributed by atoms with van der Waals surface area (Å²) in [6, 6.07) is 28.3. The van der Waals surface area contributed by atoms with E-state index in [0.29, 0.717) is 77.8 Å². The van der Waals surface area contributed by atoms with Gasteiger partial charge in [-0.2, -0.15) is 0 Å². The van der Waals surface area contributed by atoms with E-state index in [0.717, 1.165) is 16.7 Å². The van der Waals surface area contributed by atoms with E-state index in [9.17, 15) is 19.2 Å². The fraction of sp³-hybridized carbons (Fsp3) is 0.421. The fourth-order valence-corrected chi connectivity index (χ4v) is 4.96. The summed E-state index contributed by atoms with van der Waals surface area (Å²) >= 11 is 0. The number of hydrazine groups is 1. The van der Waals surface area contributed by atoms with Crippen molar-refractivity contribution in [2.24, 2.45) is 0 Å². The van der Waals surface area contributed by atoms with Crippen LogP contribution in [0.1, 0.15) is 55.2 Å². The molecule has 51 heavy (non-hydrogen) atoms. The molecule has 3 aromatic carbocycles. The van der Waals surface area contributed by atoms with Crippen LogP contribution in [0.5, 0.6) is 0 Å². The summed E-state index contributed by atoms with van der Waals surface area (Å²) in [4.78, 5) is 50.3. The van der Waals surface area contributed by atoms with Crippen molar-refractivity contribution in [3.05, 3.63) is 108 Å². The highest BCUT2D eigenvalue weighted by atomic mass is 16.6. The topological polar surface area (TPSA) is 159 Å². The van der Waals surface area contributed by atoms with E-state index in [1.165, 1.54) is 0 Å². The van der Waals surface area contributed by atoms with Gasteiger partial charge in [-0.1, -0.05) is 91.0 Å². The molecule has 4 N–H and O–H groups in total. The summed E-state index contributed by atoms with van der Waals surface area (Å²) < 4.78 is 16.3. The number of carbonyl (C=O) groups excluding carboxylic acids is 3. The molecular formula is C38H51N5O8. The molecule has 0 saturated carbocycles. The van der Waals surface area contributed by atoms with Gasteiger partial charge in [-0.15, -0.1) is 0 Å². The molecule has 3 rings (SSSR count). The Morgan fingerprint density at radius 3 is 1.55 bits per heavy atom. The Labute approximate surface area is 300 Å². The van der Waals surface area contributed by atoms with Crippen LogP contribution < -0.4 is 16.1 Å². The van der Waals surface area contributed by atoms with Crippen molar-refractivity contribution in [3.63, 3.8) is 0 Å².